The fraction of sp³-hybridized carbons (Fsp3) is 0. The first kappa shape index (κ1) is 22.2. The molecule has 6 aromatic rings. The van der Waals surface area contributed by atoms with Crippen LogP contribution in [0.5, 0.6) is 11.5 Å². The minimum atomic E-state index is 0.759. The Balaban J connectivity index is 1.67. The van der Waals surface area contributed by atoms with Crippen LogP contribution in [-0.2, 0) is 0 Å². The molecule has 37 heavy (non-hydrogen) atoms. The van der Waals surface area contributed by atoms with Gasteiger partial charge in [0.15, 0.2) is 0 Å². The second-order valence-corrected chi connectivity index (χ2v) is 8.62. The molecule has 0 aliphatic heterocycles. The van der Waals surface area contributed by atoms with E-state index in [9.17, 15) is 0 Å². The Morgan fingerprint density at radius 3 is 1.49 bits per heavy atom. The molecule has 1 heteroatoms. The average Bonchev–Trinajstić information content (AvgIpc) is 2.96. The molecule has 0 aromatic heterocycles. The summed E-state index contributed by atoms with van der Waals surface area (Å²) in [5.74, 6) is 15.3. The number of hydrogen-bond donors (Lipinski definition) is 0. The van der Waals surface area contributed by atoms with E-state index in [0.29, 0.717) is 0 Å². The summed E-state index contributed by atoms with van der Waals surface area (Å²) < 4.78 is 6.44. The summed E-state index contributed by atoms with van der Waals surface area (Å²) in [6.45, 7) is 0. The lowest BCUT2D eigenvalue weighted by Crippen LogP contribution is -1.94. The molecule has 0 fully saturated rings. The van der Waals surface area contributed by atoms with E-state index in [4.69, 9.17) is 4.74 Å². The number of ether oxygens (including phenoxy) is 1. The van der Waals surface area contributed by atoms with Crippen molar-refractivity contribution in [3.8, 4) is 35.2 Å². The third-order valence-corrected chi connectivity index (χ3v) is 6.19. The fourth-order valence-electron chi connectivity index (χ4n) is 4.47. The maximum atomic E-state index is 6.44. The van der Waals surface area contributed by atoms with Crippen LogP contribution in [0.3, 0.4) is 0 Å². The van der Waals surface area contributed by atoms with Gasteiger partial charge < -0.3 is 4.74 Å². The van der Waals surface area contributed by atoms with Gasteiger partial charge >= 0.3 is 0 Å². The van der Waals surface area contributed by atoms with Gasteiger partial charge in [0.25, 0.3) is 0 Å². The number of rotatable bonds is 2. The van der Waals surface area contributed by atoms with E-state index in [2.05, 4.69) is 54.0 Å². The van der Waals surface area contributed by atoms with Gasteiger partial charge in [-0.1, -0.05) is 115 Å². The van der Waals surface area contributed by atoms with Crippen molar-refractivity contribution in [2.45, 2.75) is 0 Å². The van der Waals surface area contributed by atoms with Gasteiger partial charge in [-0.15, -0.1) is 0 Å². The van der Waals surface area contributed by atoms with E-state index in [-0.39, 0.29) is 0 Å². The predicted octanol–water partition coefficient (Wildman–Crippen LogP) is 8.58. The Hall–Kier alpha value is -5.24. The van der Waals surface area contributed by atoms with Crippen molar-refractivity contribution in [2.24, 2.45) is 0 Å². The molecule has 0 spiro atoms. The highest BCUT2D eigenvalue weighted by atomic mass is 16.5. The van der Waals surface area contributed by atoms with Gasteiger partial charge in [-0.3, -0.25) is 0 Å². The summed E-state index contributed by atoms with van der Waals surface area (Å²) in [4.78, 5) is 0. The van der Waals surface area contributed by atoms with Crippen LogP contribution in [0.1, 0.15) is 22.3 Å². The molecule has 0 amide bonds. The zero-order chi connectivity index (χ0) is 24.9. The number of para-hydroxylation sites is 1. The lowest BCUT2D eigenvalue weighted by Gasteiger charge is -2.15. The van der Waals surface area contributed by atoms with Crippen molar-refractivity contribution in [3.63, 3.8) is 0 Å². The van der Waals surface area contributed by atoms with Gasteiger partial charge in [0.1, 0.15) is 11.5 Å². The van der Waals surface area contributed by atoms with E-state index in [1.165, 1.54) is 0 Å². The third-order valence-electron chi connectivity index (χ3n) is 6.19. The number of fused-ring (bicyclic) bond motifs is 2. The summed E-state index contributed by atoms with van der Waals surface area (Å²) in [5, 5.41) is 4.12. The van der Waals surface area contributed by atoms with Crippen LogP contribution in [0.4, 0.5) is 0 Å². The van der Waals surface area contributed by atoms with Crippen LogP contribution < -0.4 is 4.74 Å². The Labute approximate surface area is 217 Å². The normalized spacial score (nSPS) is 10.3. The molecular weight excluding hydrogens is 448 g/mol. The van der Waals surface area contributed by atoms with Gasteiger partial charge in [0, 0.05) is 33.0 Å². The van der Waals surface area contributed by atoms with Crippen molar-refractivity contribution in [1.29, 1.82) is 0 Å². The Kier molecular flexibility index (Phi) is 6.11. The van der Waals surface area contributed by atoms with Gasteiger partial charge in [0.05, 0.1) is 0 Å². The van der Waals surface area contributed by atoms with Crippen molar-refractivity contribution in [1.82, 2.24) is 0 Å². The summed E-state index contributed by atoms with van der Waals surface area (Å²) in [5.41, 5.74) is 3.85. The van der Waals surface area contributed by atoms with E-state index < -0.39 is 0 Å². The van der Waals surface area contributed by atoms with E-state index in [1.54, 1.807) is 0 Å². The van der Waals surface area contributed by atoms with Gasteiger partial charge in [-0.25, -0.2) is 0 Å². The maximum absolute atomic E-state index is 6.44. The molecule has 0 N–H and O–H groups in total. The van der Waals surface area contributed by atoms with E-state index >= 15 is 0 Å². The van der Waals surface area contributed by atoms with Crippen molar-refractivity contribution < 1.29 is 4.74 Å². The summed E-state index contributed by atoms with van der Waals surface area (Å²) in [6, 6.07) is 44.5. The minimum Gasteiger partial charge on any atom is -0.457 e. The lowest BCUT2D eigenvalue weighted by molar-refractivity contribution is 0.488. The second kappa shape index (κ2) is 10.2. The highest BCUT2D eigenvalue weighted by Gasteiger charge is 2.16. The first-order chi connectivity index (χ1) is 18.4. The molecule has 0 saturated carbocycles. The van der Waals surface area contributed by atoms with Crippen molar-refractivity contribution in [2.75, 3.05) is 0 Å². The SMILES string of the molecule is C(#Cc1c2ccccc2c(C#Cc2ccccc2)c2c(Oc3ccccc3)cccc12)c1ccccc1. The molecule has 0 saturated heterocycles. The van der Waals surface area contributed by atoms with Crippen LogP contribution in [-0.4, -0.2) is 0 Å². The fourth-order valence-corrected chi connectivity index (χ4v) is 4.47. The monoisotopic (exact) mass is 470 g/mol. The van der Waals surface area contributed by atoms with Crippen LogP contribution in [0, 0.1) is 23.7 Å². The van der Waals surface area contributed by atoms with Crippen LogP contribution in [0.15, 0.2) is 133 Å². The molecule has 0 aliphatic carbocycles. The Bertz CT molecular complexity index is 1830. The minimum absolute atomic E-state index is 0.759. The quantitative estimate of drug-likeness (QED) is 0.182. The standard InChI is InChI=1S/C36H22O/c1-4-13-27(14-5-1)23-25-32-30-19-10-11-20-31(30)34(26-24-28-15-6-2-7-16-28)36-33(32)21-12-22-35(36)37-29-17-8-3-9-18-29/h1-22H. The van der Waals surface area contributed by atoms with Crippen LogP contribution in [0.2, 0.25) is 0 Å². The van der Waals surface area contributed by atoms with E-state index in [1.807, 2.05) is 103 Å². The predicted molar refractivity (Wildman–Crippen MR) is 153 cm³/mol. The first-order valence-electron chi connectivity index (χ1n) is 12.2. The Morgan fingerprint density at radius 1 is 0.378 bits per heavy atom. The van der Waals surface area contributed by atoms with Gasteiger partial charge in [-0.05, 0) is 53.2 Å². The smallest absolute Gasteiger partial charge is 0.136 e. The molecule has 0 heterocycles. The van der Waals surface area contributed by atoms with E-state index in [0.717, 1.165) is 55.3 Å². The van der Waals surface area contributed by atoms with Crippen LogP contribution >= 0.6 is 0 Å². The Morgan fingerprint density at radius 2 is 0.865 bits per heavy atom. The van der Waals surface area contributed by atoms with Crippen molar-refractivity contribution >= 4 is 21.5 Å². The topological polar surface area (TPSA) is 9.23 Å². The summed E-state index contributed by atoms with van der Waals surface area (Å²) >= 11 is 0. The summed E-state index contributed by atoms with van der Waals surface area (Å²) in [7, 11) is 0. The molecule has 172 valence electrons. The molecule has 0 atom stereocenters. The molecule has 6 aromatic carbocycles. The molecule has 0 bridgehead atoms. The number of benzene rings is 6. The highest BCUT2D eigenvalue weighted by Crippen LogP contribution is 2.39. The molecule has 6 rings (SSSR count). The first-order valence-corrected chi connectivity index (χ1v) is 12.2. The van der Waals surface area contributed by atoms with Crippen molar-refractivity contribution in [3.05, 3.63) is 156 Å². The van der Waals surface area contributed by atoms with Crippen LogP contribution in [0.25, 0.3) is 21.5 Å². The average molecular weight is 471 g/mol. The van der Waals surface area contributed by atoms with Gasteiger partial charge in [0.2, 0.25) is 0 Å². The zero-order valence-electron chi connectivity index (χ0n) is 20.1. The lowest BCUT2D eigenvalue weighted by atomic mass is 9.91. The zero-order valence-corrected chi connectivity index (χ0v) is 20.1. The number of hydrogen-bond acceptors (Lipinski definition) is 1. The molecule has 1 nitrogen and oxygen atoms in total. The highest BCUT2D eigenvalue weighted by molar-refractivity contribution is 6.12. The molecule has 0 aliphatic rings. The maximum Gasteiger partial charge on any atom is 0.136 e. The largest absolute Gasteiger partial charge is 0.457 e. The summed E-state index contributed by atoms with van der Waals surface area (Å²) in [6.07, 6.45) is 0. The van der Waals surface area contributed by atoms with Gasteiger partial charge in [-0.2, -0.15) is 0 Å². The molecular formula is C36H22O. The molecule has 0 unspecified atom stereocenters. The molecule has 0 radical (unpaired) electrons. The second-order valence-electron chi connectivity index (χ2n) is 8.62. The third kappa shape index (κ3) is 4.68.